The molecular weight excluding hydrogens is 174 g/mol. The molecule has 68 valence electrons. The predicted molar refractivity (Wildman–Crippen MR) is 54.7 cm³/mol. The van der Waals surface area contributed by atoms with Gasteiger partial charge >= 0.3 is 0 Å². The van der Waals surface area contributed by atoms with Crippen LogP contribution in [0.15, 0.2) is 18.3 Å². The van der Waals surface area contributed by atoms with Gasteiger partial charge in [0.2, 0.25) is 0 Å². The van der Waals surface area contributed by atoms with Crippen LogP contribution >= 0.6 is 12.4 Å². The third-order valence-corrected chi connectivity index (χ3v) is 1.38. The van der Waals surface area contributed by atoms with E-state index < -0.39 is 0 Å². The molecule has 12 heavy (non-hydrogen) atoms. The molecule has 1 aromatic heterocycles. The zero-order valence-corrected chi connectivity index (χ0v) is 7.90. The molecule has 0 unspecified atom stereocenters. The lowest BCUT2D eigenvalue weighted by Gasteiger charge is -2.04. The normalized spacial score (nSPS) is 8.75. The summed E-state index contributed by atoms with van der Waals surface area (Å²) in [7, 11) is 0. The Morgan fingerprint density at radius 1 is 1.58 bits per heavy atom. The smallest absolute Gasteiger partial charge is 0.149 e. The Morgan fingerprint density at radius 2 is 2.33 bits per heavy atom. The molecule has 0 aliphatic rings. The summed E-state index contributed by atoms with van der Waals surface area (Å²) in [5.74, 6) is 0.786. The summed E-state index contributed by atoms with van der Waals surface area (Å²) in [5, 5.41) is 3.13. The van der Waals surface area contributed by atoms with Gasteiger partial charge in [0.05, 0.1) is 5.69 Å². The predicted octanol–water partition coefficient (Wildman–Crippen LogP) is 1.91. The highest BCUT2D eigenvalue weighted by atomic mass is 35.5. The molecule has 0 saturated heterocycles. The number of anilines is 2. The summed E-state index contributed by atoms with van der Waals surface area (Å²) in [4.78, 5) is 4.08. The number of hydrogen-bond donors (Lipinski definition) is 2. The second-order valence-corrected chi connectivity index (χ2v) is 2.37. The molecule has 0 amide bonds. The second-order valence-electron chi connectivity index (χ2n) is 2.37. The van der Waals surface area contributed by atoms with Crippen molar-refractivity contribution in [2.75, 3.05) is 17.6 Å². The van der Waals surface area contributed by atoms with Crippen LogP contribution in [0.25, 0.3) is 0 Å². The van der Waals surface area contributed by atoms with Crippen molar-refractivity contribution >= 4 is 23.9 Å². The van der Waals surface area contributed by atoms with Crippen molar-refractivity contribution in [3.05, 3.63) is 18.3 Å². The Bertz CT molecular complexity index is 227. The number of rotatable bonds is 3. The highest BCUT2D eigenvalue weighted by Crippen LogP contribution is 2.11. The van der Waals surface area contributed by atoms with Gasteiger partial charge < -0.3 is 11.1 Å². The quantitative estimate of drug-likeness (QED) is 0.760. The van der Waals surface area contributed by atoms with Crippen LogP contribution in [0.4, 0.5) is 11.5 Å². The van der Waals surface area contributed by atoms with Crippen LogP contribution in [0.1, 0.15) is 13.3 Å². The Morgan fingerprint density at radius 3 is 2.92 bits per heavy atom. The molecule has 3 N–H and O–H groups in total. The Balaban J connectivity index is 0.00000121. The molecule has 1 rings (SSSR count). The molecule has 0 spiro atoms. The maximum Gasteiger partial charge on any atom is 0.149 e. The average Bonchev–Trinajstić information content (AvgIpc) is 2.03. The van der Waals surface area contributed by atoms with Crippen LogP contribution in [0.3, 0.4) is 0 Å². The molecule has 4 heteroatoms. The lowest BCUT2D eigenvalue weighted by atomic mass is 10.4. The first-order valence-electron chi connectivity index (χ1n) is 3.79. The first-order chi connectivity index (χ1) is 5.34. The Kier molecular flexibility index (Phi) is 5.21. The first kappa shape index (κ1) is 11.0. The van der Waals surface area contributed by atoms with Gasteiger partial charge in [0.25, 0.3) is 0 Å². The SMILES string of the molecule is CCCNc1ncccc1N.Cl. The molecule has 0 radical (unpaired) electrons. The summed E-state index contributed by atoms with van der Waals surface area (Å²) in [6.45, 7) is 3.02. The van der Waals surface area contributed by atoms with Crippen molar-refractivity contribution in [1.29, 1.82) is 0 Å². The number of nitrogens with zero attached hydrogens (tertiary/aromatic N) is 1. The fourth-order valence-corrected chi connectivity index (χ4v) is 0.809. The molecule has 0 aliphatic carbocycles. The van der Waals surface area contributed by atoms with Gasteiger partial charge in [0.1, 0.15) is 5.82 Å². The van der Waals surface area contributed by atoms with Crippen molar-refractivity contribution in [2.24, 2.45) is 0 Å². The lowest BCUT2D eigenvalue weighted by molar-refractivity contribution is 0.970. The van der Waals surface area contributed by atoms with Crippen molar-refractivity contribution in [2.45, 2.75) is 13.3 Å². The minimum Gasteiger partial charge on any atom is -0.396 e. The minimum absolute atomic E-state index is 0. The highest BCUT2D eigenvalue weighted by Gasteiger charge is 1.94. The van der Waals surface area contributed by atoms with E-state index in [2.05, 4.69) is 17.2 Å². The summed E-state index contributed by atoms with van der Waals surface area (Å²) < 4.78 is 0. The molecule has 1 heterocycles. The van der Waals surface area contributed by atoms with Crippen LogP contribution in [-0.2, 0) is 0 Å². The molecule has 0 atom stereocenters. The zero-order valence-electron chi connectivity index (χ0n) is 7.08. The van der Waals surface area contributed by atoms with E-state index in [0.717, 1.165) is 18.8 Å². The molecule has 0 aromatic carbocycles. The van der Waals surface area contributed by atoms with Crippen LogP contribution in [0.2, 0.25) is 0 Å². The van der Waals surface area contributed by atoms with Gasteiger partial charge in [-0.2, -0.15) is 0 Å². The lowest BCUT2D eigenvalue weighted by Crippen LogP contribution is -2.04. The Labute approximate surface area is 78.8 Å². The van der Waals surface area contributed by atoms with Gasteiger partial charge in [-0.05, 0) is 18.6 Å². The van der Waals surface area contributed by atoms with Crippen molar-refractivity contribution in [3.63, 3.8) is 0 Å². The highest BCUT2D eigenvalue weighted by molar-refractivity contribution is 5.85. The first-order valence-corrected chi connectivity index (χ1v) is 3.79. The van der Waals surface area contributed by atoms with E-state index in [1.807, 2.05) is 12.1 Å². The summed E-state index contributed by atoms with van der Waals surface area (Å²) in [6.07, 6.45) is 2.81. The van der Waals surface area contributed by atoms with Gasteiger partial charge in [-0.25, -0.2) is 4.98 Å². The molecule has 0 bridgehead atoms. The van der Waals surface area contributed by atoms with E-state index in [1.165, 1.54) is 0 Å². The van der Waals surface area contributed by atoms with Crippen molar-refractivity contribution < 1.29 is 0 Å². The number of nitrogens with one attached hydrogen (secondary N) is 1. The van der Waals surface area contributed by atoms with Crippen LogP contribution in [-0.4, -0.2) is 11.5 Å². The number of hydrogen-bond acceptors (Lipinski definition) is 3. The molecular formula is C8H14ClN3. The number of nitrogen functional groups attached to an aromatic ring is 1. The third-order valence-electron chi connectivity index (χ3n) is 1.38. The Hall–Kier alpha value is -0.960. The standard InChI is InChI=1S/C8H13N3.ClH/c1-2-5-10-8-7(9)4-3-6-11-8;/h3-4,6H,2,5,9H2,1H3,(H,10,11);1H. The van der Waals surface area contributed by atoms with E-state index in [4.69, 9.17) is 5.73 Å². The second kappa shape index (κ2) is 5.66. The summed E-state index contributed by atoms with van der Waals surface area (Å²) in [5.41, 5.74) is 6.35. The number of halogens is 1. The minimum atomic E-state index is 0. The average molecular weight is 188 g/mol. The maximum absolute atomic E-state index is 5.64. The molecule has 1 aromatic rings. The largest absolute Gasteiger partial charge is 0.396 e. The molecule has 0 aliphatic heterocycles. The summed E-state index contributed by atoms with van der Waals surface area (Å²) in [6, 6.07) is 3.66. The van der Waals surface area contributed by atoms with Crippen LogP contribution in [0, 0.1) is 0 Å². The van der Waals surface area contributed by atoms with Gasteiger partial charge in [-0.15, -0.1) is 12.4 Å². The van der Waals surface area contributed by atoms with Crippen molar-refractivity contribution in [1.82, 2.24) is 4.98 Å². The molecule has 0 saturated carbocycles. The topological polar surface area (TPSA) is 50.9 Å². The van der Waals surface area contributed by atoms with Gasteiger partial charge in [0, 0.05) is 12.7 Å². The number of pyridine rings is 1. The number of aromatic nitrogens is 1. The number of nitrogens with two attached hydrogens (primary N) is 1. The van der Waals surface area contributed by atoms with Crippen LogP contribution < -0.4 is 11.1 Å². The summed E-state index contributed by atoms with van der Waals surface area (Å²) >= 11 is 0. The van der Waals surface area contributed by atoms with Crippen molar-refractivity contribution in [3.8, 4) is 0 Å². The maximum atomic E-state index is 5.64. The van der Waals surface area contributed by atoms with E-state index >= 15 is 0 Å². The van der Waals surface area contributed by atoms with E-state index in [-0.39, 0.29) is 12.4 Å². The van der Waals surface area contributed by atoms with E-state index in [1.54, 1.807) is 6.20 Å². The zero-order chi connectivity index (χ0) is 8.10. The van der Waals surface area contributed by atoms with E-state index in [9.17, 15) is 0 Å². The van der Waals surface area contributed by atoms with E-state index in [0.29, 0.717) is 5.69 Å². The third kappa shape index (κ3) is 2.96. The van der Waals surface area contributed by atoms with Gasteiger partial charge in [0.15, 0.2) is 0 Å². The molecule has 3 nitrogen and oxygen atoms in total. The fraction of sp³-hybridized carbons (Fsp3) is 0.375. The van der Waals surface area contributed by atoms with Gasteiger partial charge in [-0.3, -0.25) is 0 Å². The monoisotopic (exact) mass is 187 g/mol. The van der Waals surface area contributed by atoms with Crippen LogP contribution in [0.5, 0.6) is 0 Å². The fourth-order valence-electron chi connectivity index (χ4n) is 0.809. The van der Waals surface area contributed by atoms with Gasteiger partial charge in [-0.1, -0.05) is 6.92 Å². The molecule has 0 fully saturated rings.